The fourth-order valence-electron chi connectivity index (χ4n) is 2.31. The number of benzene rings is 1. The van der Waals surface area contributed by atoms with Gasteiger partial charge in [0.25, 0.3) is 0 Å². The lowest BCUT2D eigenvalue weighted by Gasteiger charge is -2.15. The van der Waals surface area contributed by atoms with Crippen molar-refractivity contribution < 1.29 is 14.6 Å². The topological polar surface area (TPSA) is 50.7 Å². The van der Waals surface area contributed by atoms with Crippen molar-refractivity contribution in [2.75, 3.05) is 27.4 Å². The summed E-state index contributed by atoms with van der Waals surface area (Å²) in [6, 6.07) is 5.46. The average molecular weight is 265 g/mol. The largest absolute Gasteiger partial charge is 0.504 e. The molecule has 1 aromatic carbocycles. The molecule has 0 saturated heterocycles. The van der Waals surface area contributed by atoms with Crippen LogP contribution in [0, 0.1) is 5.41 Å². The highest BCUT2D eigenvalue weighted by atomic mass is 16.5. The highest BCUT2D eigenvalue weighted by Crippen LogP contribution is 2.48. The van der Waals surface area contributed by atoms with Crippen molar-refractivity contribution in [2.24, 2.45) is 5.41 Å². The Morgan fingerprint density at radius 1 is 1.32 bits per heavy atom. The molecule has 19 heavy (non-hydrogen) atoms. The molecule has 0 heterocycles. The summed E-state index contributed by atoms with van der Waals surface area (Å²) in [4.78, 5) is 0. The molecule has 0 aromatic heterocycles. The molecule has 1 aliphatic rings. The molecule has 1 fully saturated rings. The number of nitrogens with one attached hydrogen (secondary N) is 1. The summed E-state index contributed by atoms with van der Waals surface area (Å²) in [6.45, 7) is 2.67. The number of methoxy groups -OCH3 is 2. The third kappa shape index (κ3) is 3.85. The van der Waals surface area contributed by atoms with Gasteiger partial charge in [-0.1, -0.05) is 6.07 Å². The van der Waals surface area contributed by atoms with Crippen LogP contribution >= 0.6 is 0 Å². The van der Waals surface area contributed by atoms with E-state index < -0.39 is 0 Å². The van der Waals surface area contributed by atoms with Gasteiger partial charge in [-0.05, 0) is 42.4 Å². The number of hydrogen-bond acceptors (Lipinski definition) is 4. The zero-order valence-electron chi connectivity index (χ0n) is 11.7. The maximum Gasteiger partial charge on any atom is 0.160 e. The maximum atomic E-state index is 9.54. The van der Waals surface area contributed by atoms with E-state index in [9.17, 15) is 5.11 Å². The van der Waals surface area contributed by atoms with Crippen LogP contribution in [0.1, 0.15) is 24.8 Å². The van der Waals surface area contributed by atoms with Crippen molar-refractivity contribution in [1.82, 2.24) is 5.32 Å². The molecule has 106 valence electrons. The SMILES string of the molecule is COCCC1(CNCc2ccc(O)c(OC)c2)CC1. The van der Waals surface area contributed by atoms with Crippen molar-refractivity contribution in [3.8, 4) is 11.5 Å². The van der Waals surface area contributed by atoms with Gasteiger partial charge >= 0.3 is 0 Å². The van der Waals surface area contributed by atoms with Gasteiger partial charge in [0.15, 0.2) is 11.5 Å². The Morgan fingerprint density at radius 2 is 2.11 bits per heavy atom. The van der Waals surface area contributed by atoms with Gasteiger partial charge in [0.1, 0.15) is 0 Å². The standard InChI is InChI=1S/C15H23NO3/c1-18-8-7-15(5-6-15)11-16-10-12-3-4-13(17)14(9-12)19-2/h3-4,9,16-17H,5-8,10-11H2,1-2H3. The van der Waals surface area contributed by atoms with Crippen LogP contribution in [0.4, 0.5) is 0 Å². The second kappa shape index (κ2) is 6.26. The van der Waals surface area contributed by atoms with Crippen LogP contribution < -0.4 is 10.1 Å². The third-order valence-corrected chi connectivity index (χ3v) is 3.87. The molecule has 2 rings (SSSR count). The molecule has 4 nitrogen and oxygen atoms in total. The summed E-state index contributed by atoms with van der Waals surface area (Å²) in [5, 5.41) is 13.0. The molecule has 1 aromatic rings. The maximum absolute atomic E-state index is 9.54. The summed E-state index contributed by atoms with van der Waals surface area (Å²) >= 11 is 0. The molecule has 0 amide bonds. The van der Waals surface area contributed by atoms with Crippen molar-refractivity contribution in [3.63, 3.8) is 0 Å². The van der Waals surface area contributed by atoms with Crippen LogP contribution in [0.15, 0.2) is 18.2 Å². The van der Waals surface area contributed by atoms with Gasteiger partial charge in [-0.3, -0.25) is 0 Å². The van der Waals surface area contributed by atoms with E-state index in [0.717, 1.165) is 31.7 Å². The Bertz CT molecular complexity index is 416. The van der Waals surface area contributed by atoms with Crippen LogP contribution in [0.3, 0.4) is 0 Å². The van der Waals surface area contributed by atoms with E-state index in [-0.39, 0.29) is 5.75 Å². The smallest absolute Gasteiger partial charge is 0.160 e. The predicted molar refractivity (Wildman–Crippen MR) is 74.5 cm³/mol. The number of rotatable bonds is 8. The zero-order valence-corrected chi connectivity index (χ0v) is 11.7. The van der Waals surface area contributed by atoms with Crippen LogP contribution in [-0.4, -0.2) is 32.5 Å². The molecule has 0 bridgehead atoms. The summed E-state index contributed by atoms with van der Waals surface area (Å²) in [5.41, 5.74) is 1.58. The minimum atomic E-state index is 0.185. The zero-order chi connectivity index (χ0) is 13.7. The minimum Gasteiger partial charge on any atom is -0.504 e. The first kappa shape index (κ1) is 14.2. The first-order valence-electron chi connectivity index (χ1n) is 6.75. The number of phenolic OH excluding ortho intramolecular Hbond substituents is 1. The van der Waals surface area contributed by atoms with Crippen LogP contribution in [-0.2, 0) is 11.3 Å². The summed E-state index contributed by atoms with van der Waals surface area (Å²) in [5.74, 6) is 0.713. The van der Waals surface area contributed by atoms with E-state index in [2.05, 4.69) is 5.32 Å². The molecule has 0 radical (unpaired) electrons. The van der Waals surface area contributed by atoms with Crippen LogP contribution in [0.25, 0.3) is 0 Å². The Balaban J connectivity index is 1.79. The molecule has 4 heteroatoms. The van der Waals surface area contributed by atoms with Crippen molar-refractivity contribution in [2.45, 2.75) is 25.8 Å². The number of aromatic hydroxyl groups is 1. The van der Waals surface area contributed by atoms with E-state index in [1.165, 1.54) is 12.8 Å². The predicted octanol–water partition coefficient (Wildman–Crippen LogP) is 2.31. The van der Waals surface area contributed by atoms with Crippen molar-refractivity contribution in [1.29, 1.82) is 0 Å². The van der Waals surface area contributed by atoms with Gasteiger partial charge in [-0.2, -0.15) is 0 Å². The van der Waals surface area contributed by atoms with Gasteiger partial charge in [0.05, 0.1) is 7.11 Å². The molecule has 0 unspecified atom stereocenters. The van der Waals surface area contributed by atoms with Crippen LogP contribution in [0.5, 0.6) is 11.5 Å². The molecule has 2 N–H and O–H groups in total. The fourth-order valence-corrected chi connectivity index (χ4v) is 2.31. The first-order valence-corrected chi connectivity index (χ1v) is 6.75. The minimum absolute atomic E-state index is 0.185. The van der Waals surface area contributed by atoms with Gasteiger partial charge in [-0.25, -0.2) is 0 Å². The molecule has 0 spiro atoms. The van der Waals surface area contributed by atoms with E-state index >= 15 is 0 Å². The van der Waals surface area contributed by atoms with Gasteiger partial charge in [-0.15, -0.1) is 0 Å². The normalized spacial score (nSPS) is 16.3. The summed E-state index contributed by atoms with van der Waals surface area (Å²) < 4.78 is 10.3. The third-order valence-electron chi connectivity index (χ3n) is 3.87. The monoisotopic (exact) mass is 265 g/mol. The average Bonchev–Trinajstić information content (AvgIpc) is 3.19. The summed E-state index contributed by atoms with van der Waals surface area (Å²) in [6.07, 6.45) is 3.72. The second-order valence-electron chi connectivity index (χ2n) is 5.35. The lowest BCUT2D eigenvalue weighted by atomic mass is 10.0. The molecule has 0 atom stereocenters. The van der Waals surface area contributed by atoms with Gasteiger partial charge in [0, 0.05) is 26.8 Å². The quantitative estimate of drug-likeness (QED) is 0.757. The Kier molecular flexibility index (Phi) is 4.66. The van der Waals surface area contributed by atoms with E-state index in [1.54, 1.807) is 20.3 Å². The highest BCUT2D eigenvalue weighted by molar-refractivity contribution is 5.41. The van der Waals surface area contributed by atoms with E-state index in [1.807, 2.05) is 12.1 Å². The summed E-state index contributed by atoms with van der Waals surface area (Å²) in [7, 11) is 3.32. The van der Waals surface area contributed by atoms with E-state index in [4.69, 9.17) is 9.47 Å². The number of phenols is 1. The van der Waals surface area contributed by atoms with Crippen molar-refractivity contribution >= 4 is 0 Å². The lowest BCUT2D eigenvalue weighted by molar-refractivity contribution is 0.171. The fraction of sp³-hybridized carbons (Fsp3) is 0.600. The Hall–Kier alpha value is -1.26. The van der Waals surface area contributed by atoms with Gasteiger partial charge in [0.2, 0.25) is 0 Å². The Labute approximate surface area is 114 Å². The highest BCUT2D eigenvalue weighted by Gasteiger charge is 2.41. The molecular formula is C15H23NO3. The Morgan fingerprint density at radius 3 is 2.74 bits per heavy atom. The number of hydrogen-bond donors (Lipinski definition) is 2. The number of ether oxygens (including phenoxy) is 2. The van der Waals surface area contributed by atoms with Crippen molar-refractivity contribution in [3.05, 3.63) is 23.8 Å². The first-order chi connectivity index (χ1) is 9.19. The van der Waals surface area contributed by atoms with Gasteiger partial charge < -0.3 is 19.9 Å². The molecular weight excluding hydrogens is 242 g/mol. The molecule has 1 aliphatic carbocycles. The lowest BCUT2D eigenvalue weighted by Crippen LogP contribution is -2.24. The second-order valence-corrected chi connectivity index (χ2v) is 5.35. The molecule has 1 saturated carbocycles. The van der Waals surface area contributed by atoms with Crippen LogP contribution in [0.2, 0.25) is 0 Å². The molecule has 0 aliphatic heterocycles. The van der Waals surface area contributed by atoms with E-state index in [0.29, 0.717) is 11.2 Å².